The van der Waals surface area contributed by atoms with Crippen LogP contribution in [0, 0.1) is 17.8 Å². The van der Waals surface area contributed by atoms with E-state index in [1.54, 1.807) is 0 Å². The molecule has 0 heterocycles. The Balaban J connectivity index is 1.51. The van der Waals surface area contributed by atoms with E-state index < -0.39 is 0 Å². The average molecular weight is 326 g/mol. The molecule has 2 saturated carbocycles. The molecule has 0 aromatic heterocycles. The standard InChI is InChI=1S/C22H30O2/c1-22-14-21(24)17(11-12-20(23)15-7-3-2-4-8-15)19(22)13-16-9-5-6-10-18(16)22/h5-6,9-12,15,17,19-21,23-24H,2-4,7-8,13-14H2,1H3/t17?,19-,20?,21?,22-/m1/s1. The van der Waals surface area contributed by atoms with Gasteiger partial charge in [-0.15, -0.1) is 0 Å². The summed E-state index contributed by atoms with van der Waals surface area (Å²) in [4.78, 5) is 0. The van der Waals surface area contributed by atoms with Crippen LogP contribution in [-0.2, 0) is 11.8 Å². The molecular formula is C22H30O2. The first-order valence-corrected chi connectivity index (χ1v) is 9.72. The van der Waals surface area contributed by atoms with Crippen LogP contribution >= 0.6 is 0 Å². The van der Waals surface area contributed by atoms with Gasteiger partial charge in [0.1, 0.15) is 0 Å². The lowest BCUT2D eigenvalue weighted by Gasteiger charge is -2.27. The minimum Gasteiger partial charge on any atom is -0.392 e. The van der Waals surface area contributed by atoms with Gasteiger partial charge in [-0.3, -0.25) is 0 Å². The SMILES string of the molecule is C[C@]12CC(O)C(C=CC(O)C3CCCCC3)[C@H]1Cc1ccccc12. The zero-order chi connectivity index (χ0) is 16.7. The van der Waals surface area contributed by atoms with Crippen molar-refractivity contribution < 1.29 is 10.2 Å². The molecule has 0 bridgehead atoms. The number of aliphatic hydroxyl groups excluding tert-OH is 2. The van der Waals surface area contributed by atoms with Crippen molar-refractivity contribution in [1.29, 1.82) is 0 Å². The molecule has 3 aliphatic rings. The molecule has 3 aliphatic carbocycles. The Kier molecular flexibility index (Phi) is 4.30. The second-order valence-electron chi connectivity index (χ2n) is 8.51. The van der Waals surface area contributed by atoms with Crippen molar-refractivity contribution in [1.82, 2.24) is 0 Å². The Bertz CT molecular complexity index is 616. The highest BCUT2D eigenvalue weighted by Gasteiger charge is 2.54. The van der Waals surface area contributed by atoms with Crippen LogP contribution in [0.4, 0.5) is 0 Å². The fourth-order valence-corrected chi connectivity index (χ4v) is 5.72. The van der Waals surface area contributed by atoms with E-state index in [0.29, 0.717) is 11.8 Å². The Hall–Kier alpha value is -1.12. The molecule has 2 N–H and O–H groups in total. The van der Waals surface area contributed by atoms with Gasteiger partial charge in [0.15, 0.2) is 0 Å². The molecule has 0 aliphatic heterocycles. The van der Waals surface area contributed by atoms with Crippen molar-refractivity contribution in [2.75, 3.05) is 0 Å². The minimum absolute atomic E-state index is 0.0841. The van der Waals surface area contributed by atoms with Gasteiger partial charge in [0, 0.05) is 5.92 Å². The lowest BCUT2D eigenvalue weighted by Crippen LogP contribution is -2.25. The third kappa shape index (κ3) is 2.64. The topological polar surface area (TPSA) is 40.5 Å². The fraction of sp³-hybridized carbons (Fsp3) is 0.636. The number of hydrogen-bond acceptors (Lipinski definition) is 2. The zero-order valence-electron chi connectivity index (χ0n) is 14.7. The average Bonchev–Trinajstić information content (AvgIpc) is 3.01. The molecule has 0 spiro atoms. The molecule has 2 heteroatoms. The summed E-state index contributed by atoms with van der Waals surface area (Å²) >= 11 is 0. The second-order valence-corrected chi connectivity index (χ2v) is 8.51. The van der Waals surface area contributed by atoms with Crippen molar-refractivity contribution in [2.24, 2.45) is 17.8 Å². The molecule has 0 saturated heterocycles. The maximum Gasteiger partial charge on any atom is 0.0749 e. The highest BCUT2D eigenvalue weighted by atomic mass is 16.3. The maximum atomic E-state index is 10.7. The van der Waals surface area contributed by atoms with Gasteiger partial charge in [0.2, 0.25) is 0 Å². The highest BCUT2D eigenvalue weighted by molar-refractivity contribution is 5.43. The van der Waals surface area contributed by atoms with Crippen molar-refractivity contribution in [3.05, 3.63) is 47.5 Å². The van der Waals surface area contributed by atoms with Crippen LogP contribution in [0.5, 0.6) is 0 Å². The van der Waals surface area contributed by atoms with Crippen LogP contribution in [0.2, 0.25) is 0 Å². The van der Waals surface area contributed by atoms with E-state index in [9.17, 15) is 10.2 Å². The lowest BCUT2D eigenvalue weighted by atomic mass is 9.77. The first-order valence-electron chi connectivity index (χ1n) is 9.72. The highest BCUT2D eigenvalue weighted by Crippen LogP contribution is 2.56. The van der Waals surface area contributed by atoms with E-state index >= 15 is 0 Å². The predicted octanol–water partition coefficient (Wildman–Crippen LogP) is 3.99. The third-order valence-corrected chi connectivity index (χ3v) is 7.10. The van der Waals surface area contributed by atoms with E-state index in [0.717, 1.165) is 25.7 Å². The second kappa shape index (κ2) is 6.31. The lowest BCUT2D eigenvalue weighted by molar-refractivity contribution is 0.120. The summed E-state index contributed by atoms with van der Waals surface area (Å²) < 4.78 is 0. The molecule has 4 rings (SSSR count). The quantitative estimate of drug-likeness (QED) is 0.825. The summed E-state index contributed by atoms with van der Waals surface area (Å²) in [7, 11) is 0. The number of hydrogen-bond donors (Lipinski definition) is 2. The van der Waals surface area contributed by atoms with Gasteiger partial charge in [0.25, 0.3) is 0 Å². The molecule has 0 radical (unpaired) electrons. The van der Waals surface area contributed by atoms with E-state index in [4.69, 9.17) is 0 Å². The van der Waals surface area contributed by atoms with Crippen LogP contribution < -0.4 is 0 Å². The normalized spacial score (nSPS) is 37.5. The molecule has 5 atom stereocenters. The van der Waals surface area contributed by atoms with Gasteiger partial charge in [-0.25, -0.2) is 0 Å². The summed E-state index contributed by atoms with van der Waals surface area (Å²) in [5, 5.41) is 21.2. The summed E-state index contributed by atoms with van der Waals surface area (Å²) in [6.45, 7) is 2.32. The van der Waals surface area contributed by atoms with E-state index in [-0.39, 0.29) is 23.5 Å². The predicted molar refractivity (Wildman–Crippen MR) is 96.8 cm³/mol. The monoisotopic (exact) mass is 326 g/mol. The summed E-state index contributed by atoms with van der Waals surface area (Å²) in [5.74, 6) is 1.04. The van der Waals surface area contributed by atoms with Crippen molar-refractivity contribution in [2.45, 2.75) is 69.5 Å². The largest absolute Gasteiger partial charge is 0.392 e. The van der Waals surface area contributed by atoms with Crippen molar-refractivity contribution in [3.8, 4) is 0 Å². The third-order valence-electron chi connectivity index (χ3n) is 7.10. The van der Waals surface area contributed by atoms with E-state index in [1.807, 2.05) is 6.08 Å². The first-order chi connectivity index (χ1) is 11.6. The molecule has 0 amide bonds. The number of aliphatic hydroxyl groups is 2. The van der Waals surface area contributed by atoms with Gasteiger partial charge in [-0.05, 0) is 54.1 Å². The Labute approximate surface area is 145 Å². The van der Waals surface area contributed by atoms with Gasteiger partial charge in [0.05, 0.1) is 12.2 Å². The summed E-state index contributed by atoms with van der Waals surface area (Å²) in [6, 6.07) is 8.72. The van der Waals surface area contributed by atoms with Gasteiger partial charge in [-0.2, -0.15) is 0 Å². The summed E-state index contributed by atoms with van der Waals surface area (Å²) in [5.41, 5.74) is 2.96. The van der Waals surface area contributed by atoms with Crippen LogP contribution in [0.25, 0.3) is 0 Å². The zero-order valence-corrected chi connectivity index (χ0v) is 14.7. The number of fused-ring (bicyclic) bond motifs is 3. The van der Waals surface area contributed by atoms with E-state index in [1.165, 1.54) is 30.4 Å². The molecular weight excluding hydrogens is 296 g/mol. The molecule has 2 fully saturated rings. The number of rotatable bonds is 3. The fourth-order valence-electron chi connectivity index (χ4n) is 5.72. The van der Waals surface area contributed by atoms with Crippen molar-refractivity contribution >= 4 is 0 Å². The Morgan fingerprint density at radius 2 is 1.92 bits per heavy atom. The molecule has 24 heavy (non-hydrogen) atoms. The maximum absolute atomic E-state index is 10.7. The van der Waals surface area contributed by atoms with Gasteiger partial charge >= 0.3 is 0 Å². The molecule has 1 aromatic carbocycles. The van der Waals surface area contributed by atoms with Crippen LogP contribution in [0.3, 0.4) is 0 Å². The smallest absolute Gasteiger partial charge is 0.0749 e. The molecule has 130 valence electrons. The Morgan fingerprint density at radius 3 is 2.71 bits per heavy atom. The van der Waals surface area contributed by atoms with Crippen molar-refractivity contribution in [3.63, 3.8) is 0 Å². The minimum atomic E-state index is -0.340. The van der Waals surface area contributed by atoms with Crippen LogP contribution in [0.1, 0.15) is 56.6 Å². The first kappa shape index (κ1) is 16.4. The van der Waals surface area contributed by atoms with Crippen LogP contribution in [0.15, 0.2) is 36.4 Å². The Morgan fingerprint density at radius 1 is 1.17 bits per heavy atom. The summed E-state index contributed by atoms with van der Waals surface area (Å²) in [6.07, 6.45) is 11.5. The van der Waals surface area contributed by atoms with Crippen LogP contribution in [-0.4, -0.2) is 22.4 Å². The van der Waals surface area contributed by atoms with Gasteiger partial charge < -0.3 is 10.2 Å². The van der Waals surface area contributed by atoms with E-state index in [2.05, 4.69) is 37.3 Å². The van der Waals surface area contributed by atoms with Gasteiger partial charge in [-0.1, -0.05) is 62.6 Å². The number of benzene rings is 1. The molecule has 3 unspecified atom stereocenters. The molecule has 1 aromatic rings. The molecule has 2 nitrogen and oxygen atoms in total.